The van der Waals surface area contributed by atoms with Crippen molar-refractivity contribution in [1.82, 2.24) is 4.98 Å². The molecule has 20 heavy (non-hydrogen) atoms. The lowest BCUT2D eigenvalue weighted by Crippen LogP contribution is -2.02. The second kappa shape index (κ2) is 5.13. The van der Waals surface area contributed by atoms with E-state index < -0.39 is 0 Å². The van der Waals surface area contributed by atoms with Gasteiger partial charge in [-0.15, -0.1) is 0 Å². The van der Waals surface area contributed by atoms with Gasteiger partial charge < -0.3 is 9.73 Å². The van der Waals surface area contributed by atoms with Gasteiger partial charge in [-0.25, -0.2) is 9.37 Å². The SMILES string of the molecule is Cc1nc2cc(NCc3c(F)cccc3Cl)ccc2o1. The van der Waals surface area contributed by atoms with Crippen molar-refractivity contribution in [3.63, 3.8) is 0 Å². The summed E-state index contributed by atoms with van der Waals surface area (Å²) < 4.78 is 19.1. The maximum Gasteiger partial charge on any atom is 0.192 e. The summed E-state index contributed by atoms with van der Waals surface area (Å²) in [7, 11) is 0. The topological polar surface area (TPSA) is 38.1 Å². The average Bonchev–Trinajstić information content (AvgIpc) is 2.77. The fourth-order valence-electron chi connectivity index (χ4n) is 2.04. The second-order valence-electron chi connectivity index (χ2n) is 4.47. The van der Waals surface area contributed by atoms with Crippen LogP contribution in [0.3, 0.4) is 0 Å². The zero-order chi connectivity index (χ0) is 14.1. The lowest BCUT2D eigenvalue weighted by molar-refractivity contribution is 0.561. The van der Waals surface area contributed by atoms with E-state index in [0.717, 1.165) is 16.8 Å². The Bertz CT molecular complexity index is 749. The van der Waals surface area contributed by atoms with Crippen LogP contribution in [0, 0.1) is 12.7 Å². The molecule has 0 unspecified atom stereocenters. The maximum atomic E-state index is 13.7. The fourth-order valence-corrected chi connectivity index (χ4v) is 2.27. The molecular weight excluding hydrogens is 279 g/mol. The number of halogens is 2. The van der Waals surface area contributed by atoms with E-state index >= 15 is 0 Å². The fraction of sp³-hybridized carbons (Fsp3) is 0.133. The number of aryl methyl sites for hydroxylation is 1. The van der Waals surface area contributed by atoms with Crippen molar-refractivity contribution in [3.05, 3.63) is 58.7 Å². The van der Waals surface area contributed by atoms with Gasteiger partial charge in [0.2, 0.25) is 0 Å². The molecule has 3 aromatic rings. The average molecular weight is 291 g/mol. The Morgan fingerprint density at radius 3 is 2.95 bits per heavy atom. The molecule has 1 aromatic heterocycles. The molecule has 2 aromatic carbocycles. The van der Waals surface area contributed by atoms with Gasteiger partial charge in [-0.3, -0.25) is 0 Å². The van der Waals surface area contributed by atoms with E-state index in [9.17, 15) is 4.39 Å². The first-order valence-electron chi connectivity index (χ1n) is 6.17. The minimum absolute atomic E-state index is 0.313. The molecule has 0 saturated heterocycles. The molecule has 0 fully saturated rings. The molecule has 3 nitrogen and oxygen atoms in total. The zero-order valence-corrected chi connectivity index (χ0v) is 11.5. The number of hydrogen-bond donors (Lipinski definition) is 1. The molecule has 0 saturated carbocycles. The minimum atomic E-state index is -0.316. The highest BCUT2D eigenvalue weighted by atomic mass is 35.5. The van der Waals surface area contributed by atoms with E-state index in [-0.39, 0.29) is 5.82 Å². The Hall–Kier alpha value is -2.07. The summed E-state index contributed by atoms with van der Waals surface area (Å²) in [6.07, 6.45) is 0. The van der Waals surface area contributed by atoms with Crippen LogP contribution < -0.4 is 5.32 Å². The van der Waals surface area contributed by atoms with Crippen molar-refractivity contribution >= 4 is 28.4 Å². The van der Waals surface area contributed by atoms with Gasteiger partial charge in [0.15, 0.2) is 11.5 Å². The summed E-state index contributed by atoms with van der Waals surface area (Å²) in [5, 5.41) is 3.55. The third kappa shape index (κ3) is 2.47. The number of aromatic nitrogens is 1. The molecule has 0 amide bonds. The number of fused-ring (bicyclic) bond motifs is 1. The predicted octanol–water partition coefficient (Wildman–Crippen LogP) is 4.54. The molecule has 0 radical (unpaired) electrons. The first-order chi connectivity index (χ1) is 9.63. The van der Waals surface area contributed by atoms with E-state index in [0.29, 0.717) is 23.0 Å². The van der Waals surface area contributed by atoms with Gasteiger partial charge in [0.25, 0.3) is 0 Å². The molecule has 102 valence electrons. The van der Waals surface area contributed by atoms with Gasteiger partial charge in [-0.1, -0.05) is 17.7 Å². The van der Waals surface area contributed by atoms with Gasteiger partial charge >= 0.3 is 0 Å². The predicted molar refractivity (Wildman–Crippen MR) is 77.5 cm³/mol. The van der Waals surface area contributed by atoms with E-state index in [4.69, 9.17) is 16.0 Å². The van der Waals surface area contributed by atoms with E-state index in [1.54, 1.807) is 19.1 Å². The number of benzene rings is 2. The molecule has 0 aliphatic carbocycles. The monoisotopic (exact) mass is 290 g/mol. The van der Waals surface area contributed by atoms with Gasteiger partial charge in [0.05, 0.1) is 0 Å². The van der Waals surface area contributed by atoms with Crippen LogP contribution in [-0.4, -0.2) is 4.98 Å². The summed E-state index contributed by atoms with van der Waals surface area (Å²) in [5.41, 5.74) is 2.79. The highest BCUT2D eigenvalue weighted by Crippen LogP contribution is 2.23. The highest BCUT2D eigenvalue weighted by Gasteiger charge is 2.07. The Kier molecular flexibility index (Phi) is 3.32. The first kappa shape index (κ1) is 12.9. The van der Waals surface area contributed by atoms with Crippen molar-refractivity contribution in [3.8, 4) is 0 Å². The quantitative estimate of drug-likeness (QED) is 0.769. The summed E-state index contributed by atoms with van der Waals surface area (Å²) in [6, 6.07) is 10.2. The molecule has 1 heterocycles. The van der Waals surface area contributed by atoms with Gasteiger partial charge in [-0.2, -0.15) is 0 Å². The summed E-state index contributed by atoms with van der Waals surface area (Å²) in [4.78, 5) is 4.26. The number of hydrogen-bond acceptors (Lipinski definition) is 3. The number of rotatable bonds is 3. The van der Waals surface area contributed by atoms with Crippen molar-refractivity contribution in [1.29, 1.82) is 0 Å². The molecule has 3 rings (SSSR count). The van der Waals surface area contributed by atoms with Gasteiger partial charge in [0.1, 0.15) is 11.3 Å². The first-order valence-corrected chi connectivity index (χ1v) is 6.55. The van der Waals surface area contributed by atoms with E-state index in [2.05, 4.69) is 10.3 Å². The Morgan fingerprint density at radius 1 is 1.30 bits per heavy atom. The van der Waals surface area contributed by atoms with E-state index in [1.165, 1.54) is 6.07 Å². The highest BCUT2D eigenvalue weighted by molar-refractivity contribution is 6.31. The lowest BCUT2D eigenvalue weighted by Gasteiger charge is -2.08. The van der Waals surface area contributed by atoms with Crippen LogP contribution in [0.5, 0.6) is 0 Å². The molecule has 1 N–H and O–H groups in total. The molecule has 0 atom stereocenters. The normalized spacial score (nSPS) is 10.9. The number of nitrogens with one attached hydrogen (secondary N) is 1. The van der Waals surface area contributed by atoms with E-state index in [1.807, 2.05) is 18.2 Å². The second-order valence-corrected chi connectivity index (χ2v) is 4.88. The van der Waals surface area contributed by atoms with Crippen molar-refractivity contribution in [2.75, 3.05) is 5.32 Å². The van der Waals surface area contributed by atoms with Crippen molar-refractivity contribution in [2.45, 2.75) is 13.5 Å². The largest absolute Gasteiger partial charge is 0.441 e. The molecule has 5 heteroatoms. The standard InChI is InChI=1S/C15H12ClFN2O/c1-9-19-14-7-10(5-6-15(14)20-9)18-8-11-12(16)3-2-4-13(11)17/h2-7,18H,8H2,1H3. The van der Waals surface area contributed by atoms with Crippen LogP contribution in [0.2, 0.25) is 5.02 Å². The third-order valence-corrected chi connectivity index (χ3v) is 3.38. The van der Waals surface area contributed by atoms with Gasteiger partial charge in [-0.05, 0) is 30.3 Å². The summed E-state index contributed by atoms with van der Waals surface area (Å²) in [6.45, 7) is 2.11. The smallest absolute Gasteiger partial charge is 0.192 e. The number of oxazole rings is 1. The van der Waals surface area contributed by atoms with Crippen LogP contribution in [0.25, 0.3) is 11.1 Å². The van der Waals surface area contributed by atoms with Crippen LogP contribution >= 0.6 is 11.6 Å². The maximum absolute atomic E-state index is 13.7. The van der Waals surface area contributed by atoms with Crippen molar-refractivity contribution in [2.24, 2.45) is 0 Å². The Balaban J connectivity index is 1.83. The number of anilines is 1. The molecule has 0 aliphatic heterocycles. The Morgan fingerprint density at radius 2 is 2.15 bits per heavy atom. The lowest BCUT2D eigenvalue weighted by atomic mass is 10.2. The summed E-state index contributed by atoms with van der Waals surface area (Å²) in [5.74, 6) is 0.303. The Labute approximate surface area is 120 Å². The molecular formula is C15H12ClFN2O. The van der Waals surface area contributed by atoms with Gasteiger partial charge in [0, 0.05) is 29.7 Å². The molecule has 0 spiro atoms. The van der Waals surface area contributed by atoms with Crippen LogP contribution in [0.15, 0.2) is 40.8 Å². The molecule has 0 bridgehead atoms. The van der Waals surface area contributed by atoms with Crippen LogP contribution in [0.4, 0.5) is 10.1 Å². The summed E-state index contributed by atoms with van der Waals surface area (Å²) >= 11 is 5.99. The zero-order valence-electron chi connectivity index (χ0n) is 10.8. The van der Waals surface area contributed by atoms with Crippen LogP contribution in [-0.2, 0) is 6.54 Å². The third-order valence-electron chi connectivity index (χ3n) is 3.03. The van der Waals surface area contributed by atoms with Crippen molar-refractivity contribution < 1.29 is 8.81 Å². The number of nitrogens with zero attached hydrogens (tertiary/aromatic N) is 1. The van der Waals surface area contributed by atoms with Crippen LogP contribution in [0.1, 0.15) is 11.5 Å². The molecule has 0 aliphatic rings. The minimum Gasteiger partial charge on any atom is -0.441 e.